The summed E-state index contributed by atoms with van der Waals surface area (Å²) in [7, 11) is 5.15. The SMILES string of the molecule is CN(C)C(=O)c1ccc(NCC(=O)Nc2cccc(C(=O)N(C)Cc3ccccc3)c2)cc1. The minimum Gasteiger partial charge on any atom is -0.376 e. The van der Waals surface area contributed by atoms with Crippen LogP contribution >= 0.6 is 0 Å². The first-order valence-electron chi connectivity index (χ1n) is 10.6. The smallest absolute Gasteiger partial charge is 0.253 e. The number of nitrogens with one attached hydrogen (secondary N) is 2. The van der Waals surface area contributed by atoms with Crippen molar-refractivity contribution in [3.63, 3.8) is 0 Å². The van der Waals surface area contributed by atoms with Crippen LogP contribution in [0.2, 0.25) is 0 Å². The maximum absolute atomic E-state index is 12.8. The van der Waals surface area contributed by atoms with E-state index in [4.69, 9.17) is 0 Å². The lowest BCUT2D eigenvalue weighted by Gasteiger charge is -2.18. The van der Waals surface area contributed by atoms with E-state index >= 15 is 0 Å². The third-order valence-electron chi connectivity index (χ3n) is 4.99. The van der Waals surface area contributed by atoms with E-state index in [1.54, 1.807) is 74.6 Å². The number of carbonyl (C=O) groups is 3. The van der Waals surface area contributed by atoms with Gasteiger partial charge in [-0.3, -0.25) is 14.4 Å². The molecule has 0 aliphatic heterocycles. The van der Waals surface area contributed by atoms with Gasteiger partial charge < -0.3 is 20.4 Å². The highest BCUT2D eigenvalue weighted by Gasteiger charge is 2.13. The second-order valence-electron chi connectivity index (χ2n) is 7.91. The molecule has 0 aliphatic carbocycles. The first kappa shape index (κ1) is 23.5. The summed E-state index contributed by atoms with van der Waals surface area (Å²) in [5, 5.41) is 5.84. The predicted molar refractivity (Wildman–Crippen MR) is 130 cm³/mol. The predicted octanol–water partition coefficient (Wildman–Crippen LogP) is 3.71. The van der Waals surface area contributed by atoms with Gasteiger partial charge in [0.05, 0.1) is 6.54 Å². The molecule has 3 rings (SSSR count). The van der Waals surface area contributed by atoms with Crippen LogP contribution in [0.15, 0.2) is 78.9 Å². The Kier molecular flexibility index (Phi) is 7.81. The molecular formula is C26H28N4O3. The molecule has 0 saturated heterocycles. The summed E-state index contributed by atoms with van der Waals surface area (Å²) in [6, 6.07) is 23.6. The summed E-state index contributed by atoms with van der Waals surface area (Å²) < 4.78 is 0. The highest BCUT2D eigenvalue weighted by Crippen LogP contribution is 2.15. The molecule has 0 fully saturated rings. The van der Waals surface area contributed by atoms with E-state index in [0.29, 0.717) is 23.4 Å². The standard InChI is InChI=1S/C26H28N4O3/c1-29(2)25(32)20-12-14-22(15-13-20)27-17-24(31)28-23-11-7-10-21(16-23)26(33)30(3)18-19-8-5-4-6-9-19/h4-16,27H,17-18H2,1-3H3,(H,28,31). The number of rotatable bonds is 8. The number of hydrogen-bond donors (Lipinski definition) is 2. The molecule has 0 atom stereocenters. The van der Waals surface area contributed by atoms with Crippen molar-refractivity contribution < 1.29 is 14.4 Å². The van der Waals surface area contributed by atoms with Crippen LogP contribution in [0.25, 0.3) is 0 Å². The quantitative estimate of drug-likeness (QED) is 0.555. The van der Waals surface area contributed by atoms with E-state index in [9.17, 15) is 14.4 Å². The second-order valence-corrected chi connectivity index (χ2v) is 7.91. The number of nitrogens with zero attached hydrogens (tertiary/aromatic N) is 2. The molecule has 7 heteroatoms. The summed E-state index contributed by atoms with van der Waals surface area (Å²) in [5.41, 5.74) is 3.40. The maximum atomic E-state index is 12.8. The normalized spacial score (nSPS) is 10.3. The Balaban J connectivity index is 1.54. The van der Waals surface area contributed by atoms with Crippen molar-refractivity contribution in [1.29, 1.82) is 0 Å². The van der Waals surface area contributed by atoms with Crippen LogP contribution in [0, 0.1) is 0 Å². The lowest BCUT2D eigenvalue weighted by atomic mass is 10.1. The van der Waals surface area contributed by atoms with E-state index in [1.165, 1.54) is 4.90 Å². The number of hydrogen-bond acceptors (Lipinski definition) is 4. The van der Waals surface area contributed by atoms with E-state index < -0.39 is 0 Å². The first-order valence-corrected chi connectivity index (χ1v) is 10.6. The van der Waals surface area contributed by atoms with Crippen LogP contribution in [0.1, 0.15) is 26.3 Å². The molecule has 0 saturated carbocycles. The van der Waals surface area contributed by atoms with E-state index in [-0.39, 0.29) is 24.3 Å². The average Bonchev–Trinajstić information content (AvgIpc) is 2.83. The molecule has 3 aromatic rings. The third kappa shape index (κ3) is 6.67. The third-order valence-corrected chi connectivity index (χ3v) is 4.99. The van der Waals surface area contributed by atoms with Crippen LogP contribution in [0.5, 0.6) is 0 Å². The molecule has 3 amide bonds. The number of carbonyl (C=O) groups excluding carboxylic acids is 3. The monoisotopic (exact) mass is 444 g/mol. The van der Waals surface area contributed by atoms with Crippen LogP contribution in [-0.2, 0) is 11.3 Å². The maximum Gasteiger partial charge on any atom is 0.253 e. The van der Waals surface area contributed by atoms with Crippen molar-refractivity contribution >= 4 is 29.1 Å². The van der Waals surface area contributed by atoms with Crippen molar-refractivity contribution in [2.75, 3.05) is 38.3 Å². The molecule has 0 radical (unpaired) electrons. The fourth-order valence-corrected chi connectivity index (χ4v) is 3.26. The zero-order valence-corrected chi connectivity index (χ0v) is 19.0. The van der Waals surface area contributed by atoms with Gasteiger partial charge in [0.1, 0.15) is 0 Å². The molecule has 0 aliphatic rings. The molecule has 7 nitrogen and oxygen atoms in total. The van der Waals surface area contributed by atoms with Gasteiger partial charge in [0.2, 0.25) is 5.91 Å². The van der Waals surface area contributed by atoms with Crippen molar-refractivity contribution in [1.82, 2.24) is 9.80 Å². The zero-order chi connectivity index (χ0) is 23.8. The molecule has 3 aromatic carbocycles. The molecule has 0 unspecified atom stereocenters. The molecule has 0 spiro atoms. The Morgan fingerprint density at radius 1 is 0.727 bits per heavy atom. The van der Waals surface area contributed by atoms with Crippen LogP contribution in [-0.4, -0.2) is 55.2 Å². The second kappa shape index (κ2) is 10.9. The van der Waals surface area contributed by atoms with E-state index in [1.807, 2.05) is 30.3 Å². The van der Waals surface area contributed by atoms with Crippen molar-refractivity contribution in [3.8, 4) is 0 Å². The van der Waals surface area contributed by atoms with Crippen molar-refractivity contribution in [2.45, 2.75) is 6.54 Å². The molecule has 170 valence electrons. The van der Waals surface area contributed by atoms with Gasteiger partial charge in [-0.1, -0.05) is 36.4 Å². The Labute approximate surface area is 194 Å². The molecule has 0 aromatic heterocycles. The highest BCUT2D eigenvalue weighted by atomic mass is 16.2. The minimum atomic E-state index is -0.245. The molecule has 33 heavy (non-hydrogen) atoms. The summed E-state index contributed by atoms with van der Waals surface area (Å²) in [5.74, 6) is -0.450. The van der Waals surface area contributed by atoms with Gasteiger partial charge in [0, 0.05) is 50.2 Å². The van der Waals surface area contributed by atoms with Crippen molar-refractivity contribution in [2.24, 2.45) is 0 Å². The number of benzene rings is 3. The lowest BCUT2D eigenvalue weighted by Crippen LogP contribution is -2.26. The van der Waals surface area contributed by atoms with Gasteiger partial charge in [-0.05, 0) is 48.0 Å². The van der Waals surface area contributed by atoms with E-state index in [0.717, 1.165) is 11.3 Å². The first-order chi connectivity index (χ1) is 15.8. The largest absolute Gasteiger partial charge is 0.376 e. The molecule has 0 heterocycles. The van der Waals surface area contributed by atoms with Crippen LogP contribution < -0.4 is 10.6 Å². The average molecular weight is 445 g/mol. The van der Waals surface area contributed by atoms with Crippen molar-refractivity contribution in [3.05, 3.63) is 95.6 Å². The van der Waals surface area contributed by atoms with E-state index in [2.05, 4.69) is 10.6 Å². The lowest BCUT2D eigenvalue weighted by molar-refractivity contribution is -0.114. The Morgan fingerprint density at radius 3 is 2.09 bits per heavy atom. The Hall–Kier alpha value is -4.13. The highest BCUT2D eigenvalue weighted by molar-refractivity contribution is 5.98. The van der Waals surface area contributed by atoms with Gasteiger partial charge in [-0.25, -0.2) is 0 Å². The summed E-state index contributed by atoms with van der Waals surface area (Å²) in [4.78, 5) is 40.3. The van der Waals surface area contributed by atoms with Crippen LogP contribution in [0.3, 0.4) is 0 Å². The van der Waals surface area contributed by atoms with Gasteiger partial charge in [0.25, 0.3) is 11.8 Å². The summed E-state index contributed by atoms with van der Waals surface area (Å²) >= 11 is 0. The Morgan fingerprint density at radius 2 is 1.42 bits per heavy atom. The van der Waals surface area contributed by atoms with Gasteiger partial charge >= 0.3 is 0 Å². The fraction of sp³-hybridized carbons (Fsp3) is 0.192. The number of anilines is 2. The van der Waals surface area contributed by atoms with Gasteiger partial charge in [0.15, 0.2) is 0 Å². The molecular weight excluding hydrogens is 416 g/mol. The molecule has 0 bridgehead atoms. The minimum absolute atomic E-state index is 0.0487. The fourth-order valence-electron chi connectivity index (χ4n) is 3.26. The molecule has 2 N–H and O–H groups in total. The van der Waals surface area contributed by atoms with Gasteiger partial charge in [-0.15, -0.1) is 0 Å². The topological polar surface area (TPSA) is 81.8 Å². The number of amides is 3. The summed E-state index contributed by atoms with van der Waals surface area (Å²) in [6.07, 6.45) is 0. The Bertz CT molecular complexity index is 1110. The van der Waals surface area contributed by atoms with Crippen LogP contribution in [0.4, 0.5) is 11.4 Å². The zero-order valence-electron chi connectivity index (χ0n) is 19.0. The van der Waals surface area contributed by atoms with Gasteiger partial charge in [-0.2, -0.15) is 0 Å². The summed E-state index contributed by atoms with van der Waals surface area (Å²) in [6.45, 7) is 0.548.